The third kappa shape index (κ3) is 4.03. The van der Waals surface area contributed by atoms with E-state index in [1.807, 2.05) is 31.2 Å². The van der Waals surface area contributed by atoms with Crippen LogP contribution in [-0.2, 0) is 16.2 Å². The van der Waals surface area contributed by atoms with Gasteiger partial charge in [0.1, 0.15) is 0 Å². The van der Waals surface area contributed by atoms with Gasteiger partial charge < -0.3 is 11.1 Å². The quantitative estimate of drug-likeness (QED) is 0.830. The van der Waals surface area contributed by atoms with Crippen molar-refractivity contribution < 1.29 is 9.00 Å². The molecule has 4 nitrogen and oxygen atoms in total. The molecule has 0 aromatic heterocycles. The number of nitrogens with two attached hydrogens (primary N) is 1. The number of nitrogens with one attached hydrogen (secondary N) is 1. The second kappa shape index (κ2) is 6.77. The molecule has 1 atom stereocenters. The van der Waals surface area contributed by atoms with E-state index >= 15 is 0 Å². The first-order valence-electron chi connectivity index (χ1n) is 7.75. The second-order valence-electron chi connectivity index (χ2n) is 6.94. The van der Waals surface area contributed by atoms with E-state index in [-0.39, 0.29) is 11.3 Å². The average Bonchev–Trinajstić information content (AvgIpc) is 2.48. The zero-order valence-electron chi connectivity index (χ0n) is 14.8. The van der Waals surface area contributed by atoms with Crippen LogP contribution in [0.2, 0.25) is 0 Å². The number of rotatable bonds is 3. The van der Waals surface area contributed by atoms with Gasteiger partial charge in [0, 0.05) is 17.5 Å². The number of anilines is 2. The summed E-state index contributed by atoms with van der Waals surface area (Å²) < 4.78 is 12.0. The second-order valence-corrected chi connectivity index (χ2v) is 8.29. The van der Waals surface area contributed by atoms with Crippen molar-refractivity contribution in [2.24, 2.45) is 0 Å². The predicted molar refractivity (Wildman–Crippen MR) is 101 cm³/mol. The van der Waals surface area contributed by atoms with Crippen LogP contribution in [0.25, 0.3) is 0 Å². The highest BCUT2D eigenvalue weighted by molar-refractivity contribution is 7.84. The summed E-state index contributed by atoms with van der Waals surface area (Å²) in [5, 5.41) is 2.88. The lowest BCUT2D eigenvalue weighted by Gasteiger charge is -2.21. The lowest BCUT2D eigenvalue weighted by molar-refractivity contribution is 0.102. The smallest absolute Gasteiger partial charge is 0.255 e. The molecule has 24 heavy (non-hydrogen) atoms. The summed E-state index contributed by atoms with van der Waals surface area (Å²) in [5.41, 5.74) is 9.44. The van der Waals surface area contributed by atoms with Gasteiger partial charge in [0.2, 0.25) is 0 Å². The zero-order chi connectivity index (χ0) is 18.1. The van der Waals surface area contributed by atoms with Crippen LogP contribution >= 0.6 is 0 Å². The molecule has 0 saturated carbocycles. The minimum absolute atomic E-state index is 0.0679. The molecule has 0 radical (unpaired) electrons. The Morgan fingerprint density at radius 2 is 1.79 bits per heavy atom. The van der Waals surface area contributed by atoms with Gasteiger partial charge in [0.25, 0.3) is 5.91 Å². The van der Waals surface area contributed by atoms with Gasteiger partial charge in [-0.15, -0.1) is 0 Å². The SMILES string of the molecule is Cc1ccc(C(=O)Nc2cc(C(C)(C)C)ccc2S(C)=O)cc1N. The van der Waals surface area contributed by atoms with E-state index in [9.17, 15) is 9.00 Å². The third-order valence-electron chi connectivity index (χ3n) is 3.94. The zero-order valence-corrected chi connectivity index (χ0v) is 15.6. The van der Waals surface area contributed by atoms with Crippen LogP contribution in [0, 0.1) is 6.92 Å². The molecule has 0 aliphatic carbocycles. The molecule has 2 rings (SSSR count). The van der Waals surface area contributed by atoms with Crippen molar-refractivity contribution in [3.05, 3.63) is 53.1 Å². The molecule has 1 amide bonds. The Morgan fingerprint density at radius 3 is 2.33 bits per heavy atom. The van der Waals surface area contributed by atoms with Crippen molar-refractivity contribution in [2.75, 3.05) is 17.3 Å². The molecular formula is C19H24N2O2S. The van der Waals surface area contributed by atoms with Crippen LogP contribution in [0.3, 0.4) is 0 Å². The summed E-state index contributed by atoms with van der Waals surface area (Å²) in [7, 11) is -1.20. The first-order valence-corrected chi connectivity index (χ1v) is 9.31. The number of amides is 1. The molecule has 0 spiro atoms. The summed E-state index contributed by atoms with van der Waals surface area (Å²) in [4.78, 5) is 13.2. The largest absolute Gasteiger partial charge is 0.398 e. The van der Waals surface area contributed by atoms with Crippen molar-refractivity contribution >= 4 is 28.1 Å². The molecule has 0 saturated heterocycles. The molecule has 2 aromatic rings. The Bertz CT molecular complexity index is 807. The van der Waals surface area contributed by atoms with Crippen LogP contribution < -0.4 is 11.1 Å². The highest BCUT2D eigenvalue weighted by atomic mass is 32.2. The standard InChI is InChI=1S/C19H24N2O2S/c1-12-6-7-13(10-15(12)20)18(22)21-16-11-14(19(2,3)4)8-9-17(16)24(5)23/h6-11H,20H2,1-5H3,(H,21,22). The Morgan fingerprint density at radius 1 is 1.12 bits per heavy atom. The average molecular weight is 344 g/mol. The number of carbonyl (C=O) groups is 1. The van der Waals surface area contributed by atoms with E-state index in [1.165, 1.54) is 0 Å². The van der Waals surface area contributed by atoms with E-state index in [1.54, 1.807) is 18.4 Å². The van der Waals surface area contributed by atoms with Gasteiger partial charge in [-0.2, -0.15) is 0 Å². The molecule has 5 heteroatoms. The maximum atomic E-state index is 12.5. The van der Waals surface area contributed by atoms with Crippen molar-refractivity contribution in [3.63, 3.8) is 0 Å². The van der Waals surface area contributed by atoms with Gasteiger partial charge in [-0.05, 0) is 47.7 Å². The molecular weight excluding hydrogens is 320 g/mol. The number of benzene rings is 2. The minimum Gasteiger partial charge on any atom is -0.398 e. The number of carbonyl (C=O) groups excluding carboxylic acids is 1. The fourth-order valence-corrected chi connectivity index (χ4v) is 3.00. The van der Waals surface area contributed by atoms with Gasteiger partial charge in [-0.1, -0.05) is 32.9 Å². The van der Waals surface area contributed by atoms with Crippen molar-refractivity contribution in [1.82, 2.24) is 0 Å². The topological polar surface area (TPSA) is 72.2 Å². The van der Waals surface area contributed by atoms with E-state index in [2.05, 4.69) is 26.1 Å². The molecule has 3 N–H and O–H groups in total. The summed E-state index contributed by atoms with van der Waals surface area (Å²) >= 11 is 0. The lowest BCUT2D eigenvalue weighted by atomic mass is 9.87. The van der Waals surface area contributed by atoms with Crippen LogP contribution in [-0.4, -0.2) is 16.4 Å². The Kier molecular flexibility index (Phi) is 5.13. The molecule has 1 unspecified atom stereocenters. The van der Waals surface area contributed by atoms with Gasteiger partial charge in [0.05, 0.1) is 21.4 Å². The van der Waals surface area contributed by atoms with Crippen molar-refractivity contribution in [1.29, 1.82) is 0 Å². The number of hydrogen-bond donors (Lipinski definition) is 2. The maximum absolute atomic E-state index is 12.5. The van der Waals surface area contributed by atoms with Gasteiger partial charge >= 0.3 is 0 Å². The minimum atomic E-state index is -1.20. The first kappa shape index (κ1) is 18.2. The number of hydrogen-bond acceptors (Lipinski definition) is 3. The predicted octanol–water partition coefficient (Wildman–Crippen LogP) is 3.86. The summed E-state index contributed by atoms with van der Waals surface area (Å²) in [6.45, 7) is 8.17. The first-order chi connectivity index (χ1) is 11.1. The Balaban J connectivity index is 2.41. The van der Waals surface area contributed by atoms with Crippen LogP contribution in [0.4, 0.5) is 11.4 Å². The molecule has 0 aliphatic heterocycles. The Hall–Kier alpha value is -2.14. The number of nitrogen functional groups attached to an aromatic ring is 1. The normalized spacial score (nSPS) is 12.7. The molecule has 128 valence electrons. The molecule has 2 aromatic carbocycles. The van der Waals surface area contributed by atoms with Gasteiger partial charge in [-0.25, -0.2) is 0 Å². The van der Waals surface area contributed by atoms with Gasteiger partial charge in [0.15, 0.2) is 0 Å². The summed E-state index contributed by atoms with van der Waals surface area (Å²) in [5.74, 6) is -0.264. The maximum Gasteiger partial charge on any atom is 0.255 e. The molecule has 0 aliphatic rings. The van der Waals surface area contributed by atoms with E-state index in [0.29, 0.717) is 21.8 Å². The summed E-state index contributed by atoms with van der Waals surface area (Å²) in [6.07, 6.45) is 1.60. The molecule has 0 fully saturated rings. The number of aryl methyl sites for hydroxylation is 1. The highest BCUT2D eigenvalue weighted by Crippen LogP contribution is 2.29. The summed E-state index contributed by atoms with van der Waals surface area (Å²) in [6, 6.07) is 10.9. The van der Waals surface area contributed by atoms with Crippen molar-refractivity contribution in [2.45, 2.75) is 38.0 Å². The fourth-order valence-electron chi connectivity index (χ4n) is 2.32. The van der Waals surface area contributed by atoms with Crippen LogP contribution in [0.5, 0.6) is 0 Å². The monoisotopic (exact) mass is 344 g/mol. The molecule has 0 heterocycles. The fraction of sp³-hybridized carbons (Fsp3) is 0.316. The van der Waals surface area contributed by atoms with Gasteiger partial charge in [-0.3, -0.25) is 9.00 Å². The van der Waals surface area contributed by atoms with Crippen LogP contribution in [0.15, 0.2) is 41.3 Å². The van der Waals surface area contributed by atoms with E-state index < -0.39 is 10.8 Å². The molecule has 0 bridgehead atoms. The van der Waals surface area contributed by atoms with Crippen LogP contribution in [0.1, 0.15) is 42.3 Å². The van der Waals surface area contributed by atoms with Crippen molar-refractivity contribution in [3.8, 4) is 0 Å². The lowest BCUT2D eigenvalue weighted by Crippen LogP contribution is -2.16. The van der Waals surface area contributed by atoms with E-state index in [4.69, 9.17) is 5.73 Å². The Labute approximate surface area is 145 Å². The third-order valence-corrected chi connectivity index (χ3v) is 4.92. The van der Waals surface area contributed by atoms with E-state index in [0.717, 1.165) is 11.1 Å². The highest BCUT2D eigenvalue weighted by Gasteiger charge is 2.18.